The minimum absolute atomic E-state index is 0.0310. The molecule has 5 rings (SSSR count). The van der Waals surface area contributed by atoms with Crippen molar-refractivity contribution in [3.05, 3.63) is 95.7 Å². The van der Waals surface area contributed by atoms with E-state index < -0.39 is 0 Å². The summed E-state index contributed by atoms with van der Waals surface area (Å²) in [7, 11) is 3.26. The van der Waals surface area contributed by atoms with Crippen molar-refractivity contribution >= 4 is 22.7 Å². The Morgan fingerprint density at radius 3 is 2.47 bits per heavy atom. The van der Waals surface area contributed by atoms with Crippen LogP contribution in [-0.4, -0.2) is 54.6 Å². The van der Waals surface area contributed by atoms with Crippen molar-refractivity contribution in [2.24, 2.45) is 0 Å². The zero-order valence-electron chi connectivity index (χ0n) is 20.4. The molecule has 0 unspecified atom stereocenters. The highest BCUT2D eigenvalue weighted by atomic mass is 16.5. The molecule has 2 heterocycles. The lowest BCUT2D eigenvalue weighted by atomic mass is 10.0. The van der Waals surface area contributed by atoms with E-state index in [1.165, 1.54) is 4.57 Å². The average molecular weight is 484 g/mol. The predicted octanol–water partition coefficient (Wildman–Crippen LogP) is 4.16. The molecule has 0 fully saturated rings. The van der Waals surface area contributed by atoms with E-state index in [1.54, 1.807) is 31.3 Å². The summed E-state index contributed by atoms with van der Waals surface area (Å²) in [6.07, 6.45) is 0.716. The molecule has 1 amide bonds. The van der Waals surface area contributed by atoms with Gasteiger partial charge in [0.1, 0.15) is 23.7 Å². The number of fused-ring (bicyclic) bond motifs is 3. The van der Waals surface area contributed by atoms with Gasteiger partial charge in [0.15, 0.2) is 0 Å². The van der Waals surface area contributed by atoms with E-state index in [-0.39, 0.29) is 24.4 Å². The second-order valence-electron chi connectivity index (χ2n) is 8.95. The maximum atomic E-state index is 13.5. The number of methoxy groups -OCH3 is 2. The highest BCUT2D eigenvalue weighted by molar-refractivity contribution is 6.09. The van der Waals surface area contributed by atoms with Crippen LogP contribution in [0.3, 0.4) is 0 Å². The van der Waals surface area contributed by atoms with E-state index in [2.05, 4.69) is 17.4 Å². The molecule has 184 valence electrons. The summed E-state index contributed by atoms with van der Waals surface area (Å²) < 4.78 is 12.3. The number of nitrogens with zero attached hydrogens (tertiary/aromatic N) is 2. The zero-order chi connectivity index (χ0) is 25.1. The summed E-state index contributed by atoms with van der Waals surface area (Å²) in [4.78, 5) is 28.3. The van der Waals surface area contributed by atoms with E-state index >= 15 is 0 Å². The molecule has 1 atom stereocenters. The van der Waals surface area contributed by atoms with Gasteiger partial charge in [0.2, 0.25) is 0 Å². The molecule has 1 aliphatic heterocycles. The number of rotatable bonds is 9. The summed E-state index contributed by atoms with van der Waals surface area (Å²) in [6, 6.07) is 25.2. The third-order valence-corrected chi connectivity index (χ3v) is 6.63. The van der Waals surface area contributed by atoms with Crippen molar-refractivity contribution < 1.29 is 19.1 Å². The van der Waals surface area contributed by atoms with Crippen molar-refractivity contribution in [3.8, 4) is 11.5 Å². The van der Waals surface area contributed by atoms with Gasteiger partial charge in [0.25, 0.3) is 11.8 Å². The first-order chi connectivity index (χ1) is 17.6. The van der Waals surface area contributed by atoms with Gasteiger partial charge in [0.05, 0.1) is 19.7 Å². The molecule has 36 heavy (non-hydrogen) atoms. The number of carbonyl (C=O) groups is 2. The Labute approximate surface area is 210 Å². The first-order valence-corrected chi connectivity index (χ1v) is 12.0. The number of amides is 1. The molecule has 0 aliphatic carbocycles. The van der Waals surface area contributed by atoms with Gasteiger partial charge in [-0.15, -0.1) is 0 Å². The molecule has 0 bridgehead atoms. The molecule has 3 aromatic carbocycles. The molecule has 7 nitrogen and oxygen atoms in total. The van der Waals surface area contributed by atoms with Crippen LogP contribution < -0.4 is 14.8 Å². The van der Waals surface area contributed by atoms with Crippen molar-refractivity contribution in [2.45, 2.75) is 19.0 Å². The molecule has 1 N–H and O–H groups in total. The van der Waals surface area contributed by atoms with Crippen molar-refractivity contribution in [3.63, 3.8) is 0 Å². The highest BCUT2D eigenvalue weighted by Gasteiger charge is 2.33. The summed E-state index contributed by atoms with van der Waals surface area (Å²) in [5.41, 5.74) is 3.30. The fourth-order valence-electron chi connectivity index (χ4n) is 4.83. The lowest BCUT2D eigenvalue weighted by molar-refractivity contribution is 0.0608. The monoisotopic (exact) mass is 483 g/mol. The van der Waals surface area contributed by atoms with Crippen LogP contribution in [0.1, 0.15) is 26.4 Å². The highest BCUT2D eigenvalue weighted by Crippen LogP contribution is 2.28. The predicted molar refractivity (Wildman–Crippen MR) is 139 cm³/mol. The number of aromatic nitrogens is 1. The number of ether oxygens (including phenoxy) is 2. The first-order valence-electron chi connectivity index (χ1n) is 12.0. The summed E-state index contributed by atoms with van der Waals surface area (Å²) >= 11 is 0. The van der Waals surface area contributed by atoms with Crippen LogP contribution in [0.5, 0.6) is 11.5 Å². The molecule has 0 spiro atoms. The lowest BCUT2D eigenvalue weighted by Gasteiger charge is -2.31. The second-order valence-corrected chi connectivity index (χ2v) is 8.95. The van der Waals surface area contributed by atoms with E-state index in [0.29, 0.717) is 31.0 Å². The SMILES string of the molecule is COc1ccc2c(c1)cc1n2C(=O)CN(C[C@H](Cc2ccccc2)NCc2ccccc2OC)C1=O. The minimum atomic E-state index is -0.151. The Bertz CT molecular complexity index is 1400. The molecule has 0 saturated carbocycles. The quantitative estimate of drug-likeness (QED) is 0.387. The minimum Gasteiger partial charge on any atom is -0.497 e. The average Bonchev–Trinajstić information content (AvgIpc) is 3.30. The van der Waals surface area contributed by atoms with Gasteiger partial charge in [-0.05, 0) is 42.3 Å². The molecule has 4 aromatic rings. The number of hydrogen-bond donors (Lipinski definition) is 1. The van der Waals surface area contributed by atoms with Crippen molar-refractivity contribution in [1.29, 1.82) is 0 Å². The topological polar surface area (TPSA) is 72.8 Å². The van der Waals surface area contributed by atoms with Crippen LogP contribution in [0, 0.1) is 0 Å². The number of hydrogen-bond acceptors (Lipinski definition) is 5. The Hall–Kier alpha value is -4.10. The van der Waals surface area contributed by atoms with E-state index in [4.69, 9.17) is 9.47 Å². The van der Waals surface area contributed by atoms with E-state index in [0.717, 1.165) is 27.8 Å². The van der Waals surface area contributed by atoms with Crippen LogP contribution in [0.2, 0.25) is 0 Å². The number of para-hydroxylation sites is 1. The fraction of sp³-hybridized carbons (Fsp3) is 0.241. The molecule has 0 saturated heterocycles. The van der Waals surface area contributed by atoms with Gasteiger partial charge < -0.3 is 19.7 Å². The molecule has 1 aliphatic rings. The van der Waals surface area contributed by atoms with Crippen LogP contribution in [-0.2, 0) is 13.0 Å². The van der Waals surface area contributed by atoms with Crippen molar-refractivity contribution in [2.75, 3.05) is 27.3 Å². The Morgan fingerprint density at radius 2 is 1.69 bits per heavy atom. The molecular formula is C29H29N3O4. The summed E-state index contributed by atoms with van der Waals surface area (Å²) in [6.45, 7) is 1.01. The number of benzene rings is 3. The summed E-state index contributed by atoms with van der Waals surface area (Å²) in [5.74, 6) is 1.23. The molecule has 1 aromatic heterocycles. The van der Waals surface area contributed by atoms with Crippen LogP contribution in [0.4, 0.5) is 0 Å². The third kappa shape index (κ3) is 4.70. The van der Waals surface area contributed by atoms with Gasteiger partial charge in [-0.3, -0.25) is 14.2 Å². The Balaban J connectivity index is 1.40. The normalized spacial score (nSPS) is 14.1. The van der Waals surface area contributed by atoms with Crippen LogP contribution in [0.25, 0.3) is 10.9 Å². The van der Waals surface area contributed by atoms with Gasteiger partial charge in [-0.1, -0.05) is 48.5 Å². The van der Waals surface area contributed by atoms with Gasteiger partial charge in [-0.2, -0.15) is 0 Å². The zero-order valence-corrected chi connectivity index (χ0v) is 20.4. The molecule has 7 heteroatoms. The van der Waals surface area contributed by atoms with Gasteiger partial charge in [-0.25, -0.2) is 0 Å². The van der Waals surface area contributed by atoms with Gasteiger partial charge >= 0.3 is 0 Å². The second kappa shape index (κ2) is 10.3. The van der Waals surface area contributed by atoms with E-state index in [1.807, 2.05) is 54.6 Å². The maximum absolute atomic E-state index is 13.5. The van der Waals surface area contributed by atoms with Crippen LogP contribution >= 0.6 is 0 Å². The largest absolute Gasteiger partial charge is 0.497 e. The van der Waals surface area contributed by atoms with Crippen molar-refractivity contribution in [1.82, 2.24) is 14.8 Å². The standard InChI is InChI=1S/C29H29N3O4/c1-35-24-12-13-25-22(15-24)16-26-29(34)31(19-28(33)32(25)26)18-23(14-20-8-4-3-5-9-20)30-17-21-10-6-7-11-27(21)36-2/h3-13,15-16,23,30H,14,17-19H2,1-2H3/t23-/m0/s1. The molecular weight excluding hydrogens is 454 g/mol. The smallest absolute Gasteiger partial charge is 0.271 e. The lowest BCUT2D eigenvalue weighted by Crippen LogP contribution is -2.50. The third-order valence-electron chi connectivity index (χ3n) is 6.63. The Kier molecular flexibility index (Phi) is 6.73. The number of nitrogens with one attached hydrogen (secondary N) is 1. The number of carbonyl (C=O) groups excluding carboxylic acids is 2. The molecule has 0 radical (unpaired) electrons. The Morgan fingerprint density at radius 1 is 0.917 bits per heavy atom. The van der Waals surface area contributed by atoms with E-state index in [9.17, 15) is 9.59 Å². The van der Waals surface area contributed by atoms with Crippen LogP contribution in [0.15, 0.2) is 78.9 Å². The fourth-order valence-corrected chi connectivity index (χ4v) is 4.83. The maximum Gasteiger partial charge on any atom is 0.271 e. The first kappa shape index (κ1) is 23.6. The summed E-state index contributed by atoms with van der Waals surface area (Å²) in [5, 5.41) is 4.41. The van der Waals surface area contributed by atoms with Gasteiger partial charge in [0, 0.05) is 30.1 Å².